The maximum Gasteiger partial charge on any atom is 0.416 e. The highest BCUT2D eigenvalue weighted by Gasteiger charge is 2.31. The molecule has 0 saturated heterocycles. The smallest absolute Gasteiger partial charge is 0.366 e. The van der Waals surface area contributed by atoms with Gasteiger partial charge in [0.25, 0.3) is 0 Å². The average molecular weight is 399 g/mol. The first-order valence-electron chi connectivity index (χ1n) is 8.75. The Morgan fingerprint density at radius 3 is 2.59 bits per heavy atom. The third-order valence-corrected chi connectivity index (χ3v) is 4.83. The second kappa shape index (κ2) is 6.62. The van der Waals surface area contributed by atoms with Crippen LogP contribution >= 0.6 is 0 Å². The number of fused-ring (bicyclic) bond motifs is 3. The quantitative estimate of drug-likeness (QED) is 0.473. The van der Waals surface area contributed by atoms with Crippen molar-refractivity contribution in [3.8, 4) is 0 Å². The molecular weight excluding hydrogens is 384 g/mol. The monoisotopic (exact) mass is 399 g/mol. The van der Waals surface area contributed by atoms with Crippen LogP contribution in [0.5, 0.6) is 0 Å². The van der Waals surface area contributed by atoms with Crippen LogP contribution in [-0.2, 0) is 12.7 Å². The number of halogens is 4. The van der Waals surface area contributed by atoms with E-state index >= 15 is 0 Å². The fourth-order valence-electron chi connectivity index (χ4n) is 3.62. The SMILES string of the molecule is Cc1c[c]c2c3c(C(N)=O)cccc3n(Cc3cc(F)cc(C(F)(F)F)c3)c2c1. The van der Waals surface area contributed by atoms with Crippen LogP contribution in [0.2, 0.25) is 0 Å². The van der Waals surface area contributed by atoms with Gasteiger partial charge in [0.05, 0.1) is 16.6 Å². The molecule has 3 nitrogen and oxygen atoms in total. The Hall–Kier alpha value is -3.35. The van der Waals surface area contributed by atoms with Gasteiger partial charge in [0, 0.05) is 22.9 Å². The molecule has 0 bridgehead atoms. The summed E-state index contributed by atoms with van der Waals surface area (Å²) in [6, 6.07) is 14.2. The number of rotatable bonds is 3. The van der Waals surface area contributed by atoms with Crippen molar-refractivity contribution >= 4 is 27.7 Å². The van der Waals surface area contributed by atoms with E-state index in [1.165, 1.54) is 0 Å². The van der Waals surface area contributed by atoms with Crippen LogP contribution in [0.3, 0.4) is 0 Å². The van der Waals surface area contributed by atoms with Crippen molar-refractivity contribution < 1.29 is 22.4 Å². The second-order valence-electron chi connectivity index (χ2n) is 6.93. The zero-order valence-electron chi connectivity index (χ0n) is 15.3. The van der Waals surface area contributed by atoms with Gasteiger partial charge in [-0.3, -0.25) is 4.79 Å². The number of nitrogens with two attached hydrogens (primary N) is 1. The summed E-state index contributed by atoms with van der Waals surface area (Å²) in [6.07, 6.45) is -4.65. The third-order valence-electron chi connectivity index (χ3n) is 4.83. The van der Waals surface area contributed by atoms with Crippen molar-refractivity contribution in [2.45, 2.75) is 19.6 Å². The van der Waals surface area contributed by atoms with Crippen molar-refractivity contribution in [3.05, 3.63) is 82.7 Å². The molecule has 1 radical (unpaired) electrons. The molecule has 0 unspecified atom stereocenters. The Labute approximate surface area is 163 Å². The maximum absolute atomic E-state index is 13.9. The van der Waals surface area contributed by atoms with Crippen LogP contribution in [-0.4, -0.2) is 10.5 Å². The van der Waals surface area contributed by atoms with Crippen LogP contribution in [0.25, 0.3) is 21.8 Å². The lowest BCUT2D eigenvalue weighted by molar-refractivity contribution is -0.137. The molecule has 147 valence electrons. The standard InChI is InChI=1S/C22H15F4N2O/c1-12-5-6-16-19(7-12)28(18-4-2-3-17(20(16)18)21(27)29)11-13-8-14(22(24,25)26)10-15(23)9-13/h2-5,7-10H,11H2,1H3,(H2,27,29). The van der Waals surface area contributed by atoms with E-state index in [9.17, 15) is 22.4 Å². The van der Waals surface area contributed by atoms with Crippen LogP contribution < -0.4 is 5.73 Å². The molecule has 4 rings (SSSR count). The van der Waals surface area contributed by atoms with Gasteiger partial charge in [-0.2, -0.15) is 13.2 Å². The number of alkyl halides is 3. The third kappa shape index (κ3) is 3.33. The number of carbonyl (C=O) groups excluding carboxylic acids is 1. The van der Waals surface area contributed by atoms with Gasteiger partial charge >= 0.3 is 6.18 Å². The molecule has 0 fully saturated rings. The van der Waals surface area contributed by atoms with Gasteiger partial charge in [0.2, 0.25) is 5.91 Å². The van der Waals surface area contributed by atoms with Crippen LogP contribution in [0.1, 0.15) is 27.0 Å². The van der Waals surface area contributed by atoms with E-state index < -0.39 is 23.5 Å². The zero-order chi connectivity index (χ0) is 20.9. The van der Waals surface area contributed by atoms with E-state index in [1.54, 1.807) is 28.8 Å². The first-order valence-corrected chi connectivity index (χ1v) is 8.75. The molecule has 1 heterocycles. The topological polar surface area (TPSA) is 48.0 Å². The van der Waals surface area contributed by atoms with Crippen molar-refractivity contribution in [3.63, 3.8) is 0 Å². The molecule has 29 heavy (non-hydrogen) atoms. The fraction of sp³-hybridized carbons (Fsp3) is 0.136. The van der Waals surface area contributed by atoms with Crippen molar-refractivity contribution in [2.75, 3.05) is 0 Å². The van der Waals surface area contributed by atoms with Gasteiger partial charge in [0.15, 0.2) is 0 Å². The van der Waals surface area contributed by atoms with E-state index in [-0.39, 0.29) is 12.1 Å². The molecule has 0 saturated carbocycles. The molecule has 0 aliphatic rings. The number of aromatic nitrogens is 1. The first kappa shape index (κ1) is 19.0. The van der Waals surface area contributed by atoms with Crippen molar-refractivity contribution in [2.24, 2.45) is 5.73 Å². The number of amides is 1. The van der Waals surface area contributed by atoms with Gasteiger partial charge in [-0.05, 0) is 60.5 Å². The number of aryl methyl sites for hydroxylation is 1. The van der Waals surface area contributed by atoms with Crippen molar-refractivity contribution in [1.29, 1.82) is 0 Å². The first-order chi connectivity index (χ1) is 13.6. The molecule has 0 aliphatic heterocycles. The van der Waals surface area contributed by atoms with E-state index in [2.05, 4.69) is 6.07 Å². The molecule has 0 atom stereocenters. The highest BCUT2D eigenvalue weighted by atomic mass is 19.4. The minimum Gasteiger partial charge on any atom is -0.366 e. The number of primary amides is 1. The lowest BCUT2D eigenvalue weighted by Crippen LogP contribution is -2.11. The normalized spacial score (nSPS) is 12.0. The summed E-state index contributed by atoms with van der Waals surface area (Å²) in [6.45, 7) is 1.84. The van der Waals surface area contributed by atoms with E-state index in [1.807, 2.05) is 13.0 Å². The molecule has 0 aliphatic carbocycles. The Morgan fingerprint density at radius 2 is 1.90 bits per heavy atom. The van der Waals surface area contributed by atoms with Crippen LogP contribution in [0.4, 0.5) is 17.6 Å². The number of hydrogen-bond donors (Lipinski definition) is 1. The molecule has 1 amide bonds. The minimum absolute atomic E-state index is 0.0135. The van der Waals surface area contributed by atoms with Gasteiger partial charge in [-0.25, -0.2) is 4.39 Å². The largest absolute Gasteiger partial charge is 0.416 e. The van der Waals surface area contributed by atoms with Gasteiger partial charge in [-0.15, -0.1) is 0 Å². The van der Waals surface area contributed by atoms with E-state index in [4.69, 9.17) is 5.73 Å². The minimum atomic E-state index is -4.65. The second-order valence-corrected chi connectivity index (χ2v) is 6.93. The Kier molecular flexibility index (Phi) is 4.33. The van der Waals surface area contributed by atoms with Crippen molar-refractivity contribution in [1.82, 2.24) is 4.57 Å². The molecule has 7 heteroatoms. The predicted octanol–water partition coefficient (Wildman–Crippen LogP) is 5.21. The summed E-state index contributed by atoms with van der Waals surface area (Å²) in [5, 5.41) is 1.20. The summed E-state index contributed by atoms with van der Waals surface area (Å²) in [4.78, 5) is 11.9. The van der Waals surface area contributed by atoms with Gasteiger partial charge in [-0.1, -0.05) is 12.1 Å². The summed E-state index contributed by atoms with van der Waals surface area (Å²) in [5.41, 5.74) is 7.08. The van der Waals surface area contributed by atoms with Crippen LogP contribution in [0, 0.1) is 18.8 Å². The Balaban J connectivity index is 1.99. The highest BCUT2D eigenvalue weighted by Crippen LogP contribution is 2.34. The van der Waals surface area contributed by atoms with Crippen LogP contribution in [0.15, 0.2) is 48.5 Å². The molecule has 2 N–H and O–H groups in total. The van der Waals surface area contributed by atoms with Gasteiger partial charge in [0.1, 0.15) is 5.82 Å². The summed E-state index contributed by atoms with van der Waals surface area (Å²) < 4.78 is 54.9. The Bertz CT molecular complexity index is 1270. The predicted molar refractivity (Wildman–Crippen MR) is 102 cm³/mol. The number of hydrogen-bond acceptors (Lipinski definition) is 1. The van der Waals surface area contributed by atoms with Gasteiger partial charge < -0.3 is 10.3 Å². The average Bonchev–Trinajstić information content (AvgIpc) is 2.93. The maximum atomic E-state index is 13.9. The molecule has 1 aromatic heterocycles. The lowest BCUT2D eigenvalue weighted by atomic mass is 10.1. The molecule has 4 aromatic rings. The van der Waals surface area contributed by atoms with E-state index in [0.29, 0.717) is 33.4 Å². The molecule has 0 spiro atoms. The number of carbonyl (C=O) groups is 1. The Morgan fingerprint density at radius 1 is 1.14 bits per heavy atom. The summed E-state index contributed by atoms with van der Waals surface area (Å²) >= 11 is 0. The summed E-state index contributed by atoms with van der Waals surface area (Å²) in [7, 11) is 0. The summed E-state index contributed by atoms with van der Waals surface area (Å²) in [5.74, 6) is -1.58. The number of benzene rings is 3. The molecular formula is C22H15F4N2O. The highest BCUT2D eigenvalue weighted by molar-refractivity contribution is 6.17. The number of nitrogens with zero attached hydrogens (tertiary/aromatic N) is 1. The fourth-order valence-corrected chi connectivity index (χ4v) is 3.62. The van der Waals surface area contributed by atoms with E-state index in [0.717, 1.165) is 17.7 Å². The molecule has 3 aromatic carbocycles. The lowest BCUT2D eigenvalue weighted by Gasteiger charge is -2.12. The zero-order valence-corrected chi connectivity index (χ0v) is 15.3.